The first-order valence-corrected chi connectivity index (χ1v) is 4.49. The molecule has 0 spiro atoms. The Hall–Kier alpha value is 0.390. The molecule has 6 heteroatoms. The van der Waals surface area contributed by atoms with Gasteiger partial charge in [0.1, 0.15) is 5.52 Å². The fourth-order valence-corrected chi connectivity index (χ4v) is 1.64. The van der Waals surface area contributed by atoms with Gasteiger partial charge in [-0.3, -0.25) is 4.68 Å². The van der Waals surface area contributed by atoms with Crippen LogP contribution < -0.4 is 0 Å². The summed E-state index contributed by atoms with van der Waals surface area (Å²) in [5, 5.41) is 5.59. The molecule has 0 aliphatic heterocycles. The molecule has 0 unspecified atom stereocenters. The zero-order valence-corrected chi connectivity index (χ0v) is 8.59. The van der Waals surface area contributed by atoms with Gasteiger partial charge in [-0.15, -0.1) is 0 Å². The van der Waals surface area contributed by atoms with Gasteiger partial charge in [0.25, 0.3) is 0 Å². The van der Waals surface area contributed by atoms with Gasteiger partial charge in [0.05, 0.1) is 0 Å². The van der Waals surface area contributed by atoms with Gasteiger partial charge in [0, 0.05) is 29.3 Å². The molecule has 64 valence electrons. The Morgan fingerprint density at radius 1 is 1.54 bits per heavy atom. The number of aromatic nitrogens is 3. The summed E-state index contributed by atoms with van der Waals surface area (Å²) in [4.78, 5) is 3.96. The van der Waals surface area contributed by atoms with Crippen molar-refractivity contribution >= 4 is 68.0 Å². The number of rotatable bonds is 0. The molecular weight excluding hydrogens is 264 g/mol. The van der Waals surface area contributed by atoms with Crippen molar-refractivity contribution in [1.29, 1.82) is 0 Å². The first-order valence-electron chi connectivity index (χ1n) is 3.32. The van der Waals surface area contributed by atoms with Crippen molar-refractivity contribution in [3.8, 4) is 0 Å². The summed E-state index contributed by atoms with van der Waals surface area (Å²) in [6, 6.07) is 0. The van der Waals surface area contributed by atoms with E-state index in [1.165, 1.54) is 0 Å². The SMILES string of the molecule is Cn1cc2c(Br)cnc(Cl)c2n1.[NaH]. The van der Waals surface area contributed by atoms with Crippen molar-refractivity contribution in [2.75, 3.05) is 0 Å². The summed E-state index contributed by atoms with van der Waals surface area (Å²) < 4.78 is 2.62. The molecule has 2 aromatic heterocycles. The molecule has 3 nitrogen and oxygen atoms in total. The third-order valence-electron chi connectivity index (χ3n) is 1.57. The van der Waals surface area contributed by atoms with E-state index in [9.17, 15) is 0 Å². The average molecular weight is 270 g/mol. The maximum atomic E-state index is 5.83. The van der Waals surface area contributed by atoms with Crippen molar-refractivity contribution in [1.82, 2.24) is 14.8 Å². The molecule has 2 rings (SSSR count). The summed E-state index contributed by atoms with van der Waals surface area (Å²) in [5.74, 6) is 0. The van der Waals surface area contributed by atoms with Crippen molar-refractivity contribution < 1.29 is 0 Å². The van der Waals surface area contributed by atoms with Crippen molar-refractivity contribution in [2.45, 2.75) is 0 Å². The van der Waals surface area contributed by atoms with Gasteiger partial charge < -0.3 is 0 Å². The topological polar surface area (TPSA) is 30.7 Å². The molecule has 13 heavy (non-hydrogen) atoms. The predicted molar refractivity (Wildman–Crippen MR) is 58.4 cm³/mol. The van der Waals surface area contributed by atoms with Crippen LogP contribution in [0.1, 0.15) is 0 Å². The van der Waals surface area contributed by atoms with Gasteiger partial charge in [0.2, 0.25) is 0 Å². The second kappa shape index (κ2) is 4.28. The average Bonchev–Trinajstić information content (AvgIpc) is 2.41. The van der Waals surface area contributed by atoms with Gasteiger partial charge in [-0.05, 0) is 15.9 Å². The molecule has 0 N–H and O–H groups in total. The third kappa shape index (κ3) is 2.07. The Bertz CT molecular complexity index is 403. The Labute approximate surface area is 111 Å². The van der Waals surface area contributed by atoms with E-state index in [0.29, 0.717) is 5.15 Å². The van der Waals surface area contributed by atoms with E-state index in [0.717, 1.165) is 15.4 Å². The molecule has 0 radical (unpaired) electrons. The molecule has 2 aromatic rings. The second-order valence-electron chi connectivity index (χ2n) is 2.46. The number of hydrogen-bond donors (Lipinski definition) is 0. The van der Waals surface area contributed by atoms with Crippen LogP contribution in [0.3, 0.4) is 0 Å². The Kier molecular flexibility index (Phi) is 3.77. The summed E-state index contributed by atoms with van der Waals surface area (Å²) in [5.41, 5.74) is 0.730. The summed E-state index contributed by atoms with van der Waals surface area (Å²) >= 11 is 9.20. The van der Waals surface area contributed by atoms with Crippen molar-refractivity contribution in [3.05, 3.63) is 22.0 Å². The Morgan fingerprint density at radius 3 is 2.85 bits per heavy atom. The molecule has 0 aliphatic carbocycles. The van der Waals surface area contributed by atoms with Crippen LogP contribution in [0.5, 0.6) is 0 Å². The zero-order valence-electron chi connectivity index (χ0n) is 6.25. The molecule has 0 saturated heterocycles. The molecule has 0 fully saturated rings. The minimum absolute atomic E-state index is 0. The summed E-state index contributed by atoms with van der Waals surface area (Å²) in [6.07, 6.45) is 3.57. The first-order chi connectivity index (χ1) is 5.68. The van der Waals surface area contributed by atoms with Crippen LogP contribution in [0.2, 0.25) is 5.15 Å². The van der Waals surface area contributed by atoms with E-state index in [1.54, 1.807) is 10.9 Å². The van der Waals surface area contributed by atoms with Gasteiger partial charge >= 0.3 is 29.6 Å². The molecule has 0 atom stereocenters. The van der Waals surface area contributed by atoms with E-state index < -0.39 is 0 Å². The van der Waals surface area contributed by atoms with Gasteiger partial charge in [-0.25, -0.2) is 4.98 Å². The van der Waals surface area contributed by atoms with E-state index in [1.807, 2.05) is 13.2 Å². The van der Waals surface area contributed by atoms with Gasteiger partial charge in [-0.2, -0.15) is 5.10 Å². The third-order valence-corrected chi connectivity index (χ3v) is 2.48. The molecule has 0 aromatic carbocycles. The van der Waals surface area contributed by atoms with Gasteiger partial charge in [-0.1, -0.05) is 11.6 Å². The normalized spacial score (nSPS) is 10.1. The number of nitrogens with zero attached hydrogens (tertiary/aromatic N) is 3. The Morgan fingerprint density at radius 2 is 2.23 bits per heavy atom. The minimum atomic E-state index is 0. The van der Waals surface area contributed by atoms with Crippen LogP contribution in [0.15, 0.2) is 16.9 Å². The van der Waals surface area contributed by atoms with Crippen LogP contribution in [-0.2, 0) is 7.05 Å². The first kappa shape index (κ1) is 11.5. The molecule has 0 aliphatic rings. The quantitative estimate of drug-likeness (QED) is 0.539. The van der Waals surface area contributed by atoms with Crippen LogP contribution >= 0.6 is 27.5 Å². The summed E-state index contributed by atoms with van der Waals surface area (Å²) in [6.45, 7) is 0. The molecule has 0 bridgehead atoms. The van der Waals surface area contributed by atoms with E-state index >= 15 is 0 Å². The monoisotopic (exact) mass is 269 g/mol. The standard InChI is InChI=1S/C7H5BrClN3.Na.H/c1-12-3-4-5(8)2-10-7(9)6(4)11-12;;/h2-3H,1H3;;. The van der Waals surface area contributed by atoms with Crippen molar-refractivity contribution in [2.24, 2.45) is 7.05 Å². The van der Waals surface area contributed by atoms with Gasteiger partial charge in [0.15, 0.2) is 5.15 Å². The van der Waals surface area contributed by atoms with Crippen LogP contribution in [0.25, 0.3) is 10.9 Å². The van der Waals surface area contributed by atoms with E-state index in [2.05, 4.69) is 26.0 Å². The predicted octanol–water partition coefficient (Wildman–Crippen LogP) is 1.74. The van der Waals surface area contributed by atoms with Crippen LogP contribution in [0, 0.1) is 0 Å². The summed E-state index contributed by atoms with van der Waals surface area (Å²) in [7, 11) is 1.85. The molecular formula is C7H6BrClN3Na. The van der Waals surface area contributed by atoms with Crippen molar-refractivity contribution in [3.63, 3.8) is 0 Å². The zero-order chi connectivity index (χ0) is 8.72. The van der Waals surface area contributed by atoms with E-state index in [4.69, 9.17) is 11.6 Å². The molecule has 0 saturated carbocycles. The van der Waals surface area contributed by atoms with E-state index in [-0.39, 0.29) is 29.6 Å². The fraction of sp³-hybridized carbons (Fsp3) is 0.143. The number of hydrogen-bond acceptors (Lipinski definition) is 2. The fourth-order valence-electron chi connectivity index (χ4n) is 1.06. The Balaban J connectivity index is 0.000000845. The number of fused-ring (bicyclic) bond motifs is 1. The number of aryl methyl sites for hydroxylation is 1. The molecule has 0 amide bonds. The maximum absolute atomic E-state index is 5.83. The van der Waals surface area contributed by atoms with Crippen LogP contribution in [-0.4, -0.2) is 44.3 Å². The number of halogens is 2. The molecule has 2 heterocycles. The van der Waals surface area contributed by atoms with Crippen LogP contribution in [0.4, 0.5) is 0 Å². The number of pyridine rings is 1. The second-order valence-corrected chi connectivity index (χ2v) is 3.67.